The first-order valence-electron chi connectivity index (χ1n) is 6.55. The van der Waals surface area contributed by atoms with Crippen molar-refractivity contribution in [2.45, 2.75) is 13.3 Å². The van der Waals surface area contributed by atoms with Crippen LogP contribution in [0.15, 0.2) is 24.3 Å². The summed E-state index contributed by atoms with van der Waals surface area (Å²) in [6.07, 6.45) is 0.641. The first-order chi connectivity index (χ1) is 9.04. The van der Waals surface area contributed by atoms with Gasteiger partial charge in [0, 0.05) is 26.2 Å². The summed E-state index contributed by atoms with van der Waals surface area (Å²) in [6.45, 7) is 4.06. The number of benzene rings is 1. The number of anilines is 1. The zero-order chi connectivity index (χ0) is 13.9. The lowest BCUT2D eigenvalue weighted by molar-refractivity contribution is 0.382. The lowest BCUT2D eigenvalue weighted by Gasteiger charge is -2.35. The maximum Gasteiger partial charge on any atom is 0.214 e. The molecule has 0 unspecified atom stereocenters. The third-order valence-corrected chi connectivity index (χ3v) is 5.39. The van der Waals surface area contributed by atoms with Gasteiger partial charge in [0.2, 0.25) is 10.0 Å². The molecule has 0 atom stereocenters. The van der Waals surface area contributed by atoms with Crippen molar-refractivity contribution in [1.29, 1.82) is 0 Å². The van der Waals surface area contributed by atoms with Crippen molar-refractivity contribution < 1.29 is 13.5 Å². The number of phenolic OH excluding ortho intramolecular Hbond substituents is 1. The van der Waals surface area contributed by atoms with Crippen molar-refractivity contribution in [1.82, 2.24) is 4.31 Å². The van der Waals surface area contributed by atoms with Crippen molar-refractivity contribution >= 4 is 15.7 Å². The van der Waals surface area contributed by atoms with Crippen molar-refractivity contribution in [3.8, 4) is 5.75 Å². The fourth-order valence-electron chi connectivity index (χ4n) is 2.33. The van der Waals surface area contributed by atoms with Crippen LogP contribution in [-0.4, -0.2) is 49.8 Å². The van der Waals surface area contributed by atoms with E-state index in [1.807, 2.05) is 24.0 Å². The van der Waals surface area contributed by atoms with Gasteiger partial charge in [-0.3, -0.25) is 0 Å². The monoisotopic (exact) mass is 284 g/mol. The second-order valence-corrected chi connectivity index (χ2v) is 6.78. The van der Waals surface area contributed by atoms with Crippen LogP contribution in [0, 0.1) is 0 Å². The molecule has 0 aromatic heterocycles. The van der Waals surface area contributed by atoms with Crippen LogP contribution < -0.4 is 4.90 Å². The summed E-state index contributed by atoms with van der Waals surface area (Å²) in [4.78, 5) is 2.02. The van der Waals surface area contributed by atoms with Gasteiger partial charge in [-0.15, -0.1) is 0 Å². The molecule has 1 aliphatic heterocycles. The van der Waals surface area contributed by atoms with E-state index in [1.165, 1.54) is 0 Å². The van der Waals surface area contributed by atoms with Gasteiger partial charge in [0.05, 0.1) is 11.4 Å². The zero-order valence-electron chi connectivity index (χ0n) is 11.1. The maximum atomic E-state index is 12.0. The lowest BCUT2D eigenvalue weighted by Crippen LogP contribution is -2.49. The predicted octanol–water partition coefficient (Wildman–Crippen LogP) is 1.25. The summed E-state index contributed by atoms with van der Waals surface area (Å²) in [7, 11) is -3.10. The molecule has 1 heterocycles. The highest BCUT2D eigenvalue weighted by molar-refractivity contribution is 7.89. The number of phenols is 1. The fraction of sp³-hybridized carbons (Fsp3) is 0.538. The highest BCUT2D eigenvalue weighted by Gasteiger charge is 2.26. The highest BCUT2D eigenvalue weighted by atomic mass is 32.2. The van der Waals surface area contributed by atoms with Crippen LogP contribution in [0.3, 0.4) is 0 Å². The van der Waals surface area contributed by atoms with Crippen molar-refractivity contribution in [2.24, 2.45) is 0 Å². The minimum Gasteiger partial charge on any atom is -0.506 e. The molecule has 1 saturated heterocycles. The van der Waals surface area contributed by atoms with E-state index in [4.69, 9.17) is 0 Å². The number of piperazine rings is 1. The third kappa shape index (κ3) is 3.19. The SMILES string of the molecule is CCCS(=O)(=O)N1CCN(c2ccccc2O)CC1. The number of nitrogens with zero attached hydrogens (tertiary/aromatic N) is 2. The summed E-state index contributed by atoms with van der Waals surface area (Å²) in [5.41, 5.74) is 0.773. The molecule has 1 fully saturated rings. The van der Waals surface area contributed by atoms with Gasteiger partial charge in [-0.25, -0.2) is 8.42 Å². The molecule has 0 amide bonds. The summed E-state index contributed by atoms with van der Waals surface area (Å²) in [5, 5.41) is 9.80. The number of sulfonamides is 1. The molecule has 1 aromatic rings. The first kappa shape index (κ1) is 14.1. The molecule has 0 saturated carbocycles. The Morgan fingerprint density at radius 2 is 1.79 bits per heavy atom. The van der Waals surface area contributed by atoms with E-state index in [2.05, 4.69) is 0 Å². The molecule has 5 nitrogen and oxygen atoms in total. The van der Waals surface area contributed by atoms with Crippen LogP contribution in [0.4, 0.5) is 5.69 Å². The van der Waals surface area contributed by atoms with Crippen molar-refractivity contribution in [3.05, 3.63) is 24.3 Å². The van der Waals surface area contributed by atoms with E-state index in [0.717, 1.165) is 5.69 Å². The molecule has 0 spiro atoms. The van der Waals surface area contributed by atoms with Crippen molar-refractivity contribution in [2.75, 3.05) is 36.8 Å². The number of hydrogen-bond acceptors (Lipinski definition) is 4. The summed E-state index contributed by atoms with van der Waals surface area (Å²) < 4.78 is 25.5. The summed E-state index contributed by atoms with van der Waals surface area (Å²) >= 11 is 0. The Morgan fingerprint density at radius 1 is 1.16 bits per heavy atom. The van der Waals surface area contributed by atoms with Crippen LogP contribution in [-0.2, 0) is 10.0 Å². The quantitative estimate of drug-likeness (QED) is 0.904. The number of hydrogen-bond donors (Lipinski definition) is 1. The van der Waals surface area contributed by atoms with Gasteiger partial charge in [0.1, 0.15) is 5.75 Å². The van der Waals surface area contributed by atoms with Crippen LogP contribution in [0.1, 0.15) is 13.3 Å². The minimum absolute atomic E-state index is 0.212. The van der Waals surface area contributed by atoms with Gasteiger partial charge in [-0.1, -0.05) is 19.1 Å². The second kappa shape index (κ2) is 5.79. The average Bonchev–Trinajstić information content (AvgIpc) is 2.39. The molecule has 1 aromatic carbocycles. The average molecular weight is 284 g/mol. The molecule has 1 N–H and O–H groups in total. The predicted molar refractivity (Wildman–Crippen MR) is 76.0 cm³/mol. The first-order valence-corrected chi connectivity index (χ1v) is 8.16. The zero-order valence-corrected chi connectivity index (χ0v) is 11.9. The van der Waals surface area contributed by atoms with Gasteiger partial charge < -0.3 is 10.0 Å². The van der Waals surface area contributed by atoms with Crippen LogP contribution in [0.25, 0.3) is 0 Å². The standard InChI is InChI=1S/C13H20N2O3S/c1-2-11-19(17,18)15-9-7-14(8-10-15)12-5-3-4-6-13(12)16/h3-6,16H,2,7-11H2,1H3. The van der Waals surface area contributed by atoms with Gasteiger partial charge >= 0.3 is 0 Å². The van der Waals surface area contributed by atoms with E-state index < -0.39 is 10.0 Å². The third-order valence-electron chi connectivity index (χ3n) is 3.32. The fourth-order valence-corrected chi connectivity index (χ4v) is 3.82. The highest BCUT2D eigenvalue weighted by Crippen LogP contribution is 2.27. The Bertz CT molecular complexity index is 522. The molecule has 0 radical (unpaired) electrons. The molecular formula is C13H20N2O3S. The van der Waals surface area contributed by atoms with Crippen molar-refractivity contribution in [3.63, 3.8) is 0 Å². The van der Waals surface area contributed by atoms with Gasteiger partial charge in [0.15, 0.2) is 0 Å². The maximum absolute atomic E-state index is 12.0. The van der Waals surface area contributed by atoms with Crippen LogP contribution >= 0.6 is 0 Å². The van der Waals surface area contributed by atoms with E-state index >= 15 is 0 Å². The molecule has 2 rings (SSSR count). The number of aromatic hydroxyl groups is 1. The molecule has 106 valence electrons. The second-order valence-electron chi connectivity index (χ2n) is 4.69. The van der Waals surface area contributed by atoms with Gasteiger partial charge in [-0.2, -0.15) is 4.31 Å². The summed E-state index contributed by atoms with van der Waals surface area (Å²) in [5.74, 6) is 0.455. The van der Waals surface area contributed by atoms with E-state index in [0.29, 0.717) is 32.6 Å². The molecule has 6 heteroatoms. The van der Waals surface area contributed by atoms with E-state index in [1.54, 1.807) is 16.4 Å². The molecular weight excluding hydrogens is 264 g/mol. The molecule has 0 bridgehead atoms. The Morgan fingerprint density at radius 3 is 2.37 bits per heavy atom. The van der Waals surface area contributed by atoms with Gasteiger partial charge in [0.25, 0.3) is 0 Å². The Labute approximate surface area is 114 Å². The summed E-state index contributed by atoms with van der Waals surface area (Å²) in [6, 6.07) is 7.15. The van der Waals surface area contributed by atoms with E-state index in [-0.39, 0.29) is 11.5 Å². The molecule has 0 aliphatic carbocycles. The van der Waals surface area contributed by atoms with Crippen LogP contribution in [0.5, 0.6) is 5.75 Å². The van der Waals surface area contributed by atoms with E-state index in [9.17, 15) is 13.5 Å². The smallest absolute Gasteiger partial charge is 0.214 e. The molecule has 1 aliphatic rings. The lowest BCUT2D eigenvalue weighted by atomic mass is 10.2. The number of rotatable bonds is 4. The Hall–Kier alpha value is -1.27. The van der Waals surface area contributed by atoms with Gasteiger partial charge in [-0.05, 0) is 18.6 Å². The Kier molecular flexibility index (Phi) is 4.31. The minimum atomic E-state index is -3.10. The molecule has 19 heavy (non-hydrogen) atoms. The largest absolute Gasteiger partial charge is 0.506 e. The number of para-hydroxylation sites is 2. The topological polar surface area (TPSA) is 60.9 Å². The van der Waals surface area contributed by atoms with Crippen LogP contribution in [0.2, 0.25) is 0 Å². The normalized spacial score (nSPS) is 17.6. The Balaban J connectivity index is 2.02.